The number of aromatic nitrogens is 2. The Labute approximate surface area is 118 Å². The minimum absolute atomic E-state index is 0.0141. The molecular formula is C13H22N4O3. The highest BCUT2D eigenvalue weighted by atomic mass is 16.5. The number of nitrogens with one attached hydrogen (secondary N) is 1. The highest BCUT2D eigenvalue weighted by Crippen LogP contribution is 2.27. The van der Waals surface area contributed by atoms with Crippen LogP contribution < -0.4 is 15.8 Å². The Balaban J connectivity index is 2.02. The quantitative estimate of drug-likeness (QED) is 0.734. The molecular weight excluding hydrogens is 260 g/mol. The number of anilines is 2. The molecule has 0 spiro atoms. The van der Waals surface area contributed by atoms with Crippen LogP contribution in [0.3, 0.4) is 0 Å². The van der Waals surface area contributed by atoms with E-state index in [1.807, 2.05) is 13.8 Å². The van der Waals surface area contributed by atoms with Gasteiger partial charge in [-0.15, -0.1) is 0 Å². The van der Waals surface area contributed by atoms with Crippen LogP contribution in [0.5, 0.6) is 5.88 Å². The van der Waals surface area contributed by atoms with E-state index in [0.717, 1.165) is 0 Å². The van der Waals surface area contributed by atoms with Crippen LogP contribution in [0.1, 0.15) is 26.7 Å². The van der Waals surface area contributed by atoms with Crippen molar-refractivity contribution in [2.75, 3.05) is 30.8 Å². The van der Waals surface area contributed by atoms with Crippen molar-refractivity contribution in [3.8, 4) is 5.88 Å². The van der Waals surface area contributed by atoms with Crippen molar-refractivity contribution in [2.24, 2.45) is 0 Å². The molecule has 0 bridgehead atoms. The van der Waals surface area contributed by atoms with Crippen LogP contribution in [0.4, 0.5) is 11.5 Å². The summed E-state index contributed by atoms with van der Waals surface area (Å²) in [7, 11) is 0. The van der Waals surface area contributed by atoms with E-state index >= 15 is 0 Å². The minimum Gasteiger partial charge on any atom is -0.473 e. The number of ether oxygens (including phenoxy) is 2. The average molecular weight is 282 g/mol. The fourth-order valence-corrected chi connectivity index (χ4v) is 2.01. The molecule has 1 saturated heterocycles. The molecule has 7 heteroatoms. The zero-order valence-electron chi connectivity index (χ0n) is 11.9. The lowest BCUT2D eigenvalue weighted by Crippen LogP contribution is -2.42. The van der Waals surface area contributed by atoms with E-state index in [4.69, 9.17) is 15.2 Å². The molecule has 1 aliphatic rings. The van der Waals surface area contributed by atoms with Gasteiger partial charge >= 0.3 is 0 Å². The van der Waals surface area contributed by atoms with Crippen LogP contribution >= 0.6 is 0 Å². The molecule has 0 saturated carbocycles. The molecule has 0 atom stereocenters. The first-order chi connectivity index (χ1) is 9.50. The Morgan fingerprint density at radius 2 is 2.15 bits per heavy atom. The lowest BCUT2D eigenvalue weighted by atomic mass is 9.94. The van der Waals surface area contributed by atoms with Crippen molar-refractivity contribution in [2.45, 2.75) is 38.4 Å². The Kier molecular flexibility index (Phi) is 4.61. The standard InChI is InChI=1S/C13H22N4O3/c1-9(2)20-12-10(14)11(16-8-17-12)15-7-13(18)3-5-19-6-4-13/h8-9,18H,3-7,14H2,1-2H3,(H,15,16,17). The van der Waals surface area contributed by atoms with Crippen LogP contribution in [0.15, 0.2) is 6.33 Å². The largest absolute Gasteiger partial charge is 0.473 e. The van der Waals surface area contributed by atoms with E-state index < -0.39 is 5.60 Å². The van der Waals surface area contributed by atoms with Crippen molar-refractivity contribution in [1.82, 2.24) is 9.97 Å². The summed E-state index contributed by atoms with van der Waals surface area (Å²) in [5.74, 6) is 0.840. The monoisotopic (exact) mass is 282 g/mol. The Morgan fingerprint density at radius 1 is 1.45 bits per heavy atom. The summed E-state index contributed by atoms with van der Waals surface area (Å²) in [6.07, 6.45) is 2.57. The minimum atomic E-state index is -0.783. The highest BCUT2D eigenvalue weighted by molar-refractivity contribution is 5.66. The van der Waals surface area contributed by atoms with Crippen LogP contribution in [0.2, 0.25) is 0 Å². The second kappa shape index (κ2) is 6.23. The summed E-state index contributed by atoms with van der Waals surface area (Å²) < 4.78 is 10.7. The normalized spacial score (nSPS) is 18.0. The number of rotatable bonds is 5. The van der Waals surface area contributed by atoms with E-state index in [-0.39, 0.29) is 6.10 Å². The molecule has 0 unspecified atom stereocenters. The number of aliphatic hydroxyl groups is 1. The number of nitrogens with zero attached hydrogens (tertiary/aromatic N) is 2. The first-order valence-electron chi connectivity index (χ1n) is 6.81. The molecule has 1 fully saturated rings. The third kappa shape index (κ3) is 3.71. The third-order valence-electron chi connectivity index (χ3n) is 3.20. The average Bonchev–Trinajstić information content (AvgIpc) is 2.40. The maximum atomic E-state index is 10.4. The molecule has 2 heterocycles. The molecule has 20 heavy (non-hydrogen) atoms. The molecule has 1 aromatic heterocycles. The first-order valence-corrected chi connectivity index (χ1v) is 6.81. The second-order valence-electron chi connectivity index (χ2n) is 5.30. The van der Waals surface area contributed by atoms with Crippen LogP contribution in [0, 0.1) is 0 Å². The molecule has 7 nitrogen and oxygen atoms in total. The molecule has 112 valence electrons. The Bertz CT molecular complexity index is 447. The summed E-state index contributed by atoms with van der Waals surface area (Å²) in [4.78, 5) is 8.10. The molecule has 4 N–H and O–H groups in total. The summed E-state index contributed by atoms with van der Waals surface area (Å²) in [5, 5.41) is 13.5. The lowest BCUT2D eigenvalue weighted by Gasteiger charge is -2.32. The van der Waals surface area contributed by atoms with E-state index in [9.17, 15) is 5.11 Å². The van der Waals surface area contributed by atoms with Gasteiger partial charge in [0.2, 0.25) is 5.88 Å². The number of hydrogen-bond acceptors (Lipinski definition) is 7. The van der Waals surface area contributed by atoms with E-state index in [0.29, 0.717) is 50.0 Å². The molecule has 0 aromatic carbocycles. The van der Waals surface area contributed by atoms with Gasteiger partial charge in [0.1, 0.15) is 12.0 Å². The van der Waals surface area contributed by atoms with Gasteiger partial charge in [0.15, 0.2) is 5.82 Å². The van der Waals surface area contributed by atoms with Crippen LogP contribution in [-0.4, -0.2) is 46.5 Å². The Morgan fingerprint density at radius 3 is 2.80 bits per heavy atom. The van der Waals surface area contributed by atoms with Gasteiger partial charge in [-0.25, -0.2) is 4.98 Å². The van der Waals surface area contributed by atoms with Gasteiger partial charge < -0.3 is 25.6 Å². The van der Waals surface area contributed by atoms with Gasteiger partial charge in [-0.1, -0.05) is 0 Å². The van der Waals surface area contributed by atoms with Gasteiger partial charge in [-0.2, -0.15) is 4.98 Å². The highest BCUT2D eigenvalue weighted by Gasteiger charge is 2.30. The van der Waals surface area contributed by atoms with E-state index in [1.165, 1.54) is 6.33 Å². The first kappa shape index (κ1) is 14.8. The van der Waals surface area contributed by atoms with Gasteiger partial charge in [-0.05, 0) is 13.8 Å². The maximum absolute atomic E-state index is 10.4. The van der Waals surface area contributed by atoms with Crippen LogP contribution in [-0.2, 0) is 4.74 Å². The fraction of sp³-hybridized carbons (Fsp3) is 0.692. The van der Waals surface area contributed by atoms with Crippen molar-refractivity contribution in [1.29, 1.82) is 0 Å². The zero-order chi connectivity index (χ0) is 14.6. The van der Waals surface area contributed by atoms with Gasteiger partial charge in [0.25, 0.3) is 0 Å². The molecule has 0 radical (unpaired) electrons. The summed E-state index contributed by atoms with van der Waals surface area (Å²) in [5.41, 5.74) is 5.55. The summed E-state index contributed by atoms with van der Waals surface area (Å²) >= 11 is 0. The topological polar surface area (TPSA) is 103 Å². The van der Waals surface area contributed by atoms with Crippen molar-refractivity contribution < 1.29 is 14.6 Å². The third-order valence-corrected chi connectivity index (χ3v) is 3.20. The van der Waals surface area contributed by atoms with E-state index in [2.05, 4.69) is 15.3 Å². The number of nitrogens with two attached hydrogens (primary N) is 1. The van der Waals surface area contributed by atoms with Crippen molar-refractivity contribution >= 4 is 11.5 Å². The SMILES string of the molecule is CC(C)Oc1ncnc(NCC2(O)CCOCC2)c1N. The molecule has 0 aliphatic carbocycles. The molecule has 1 aliphatic heterocycles. The summed E-state index contributed by atoms with van der Waals surface area (Å²) in [6, 6.07) is 0. The number of hydrogen-bond donors (Lipinski definition) is 3. The van der Waals surface area contributed by atoms with Gasteiger partial charge in [0, 0.05) is 32.6 Å². The molecule has 1 aromatic rings. The van der Waals surface area contributed by atoms with Crippen molar-refractivity contribution in [3.05, 3.63) is 6.33 Å². The second-order valence-corrected chi connectivity index (χ2v) is 5.30. The van der Waals surface area contributed by atoms with Crippen LogP contribution in [0.25, 0.3) is 0 Å². The fourth-order valence-electron chi connectivity index (χ4n) is 2.01. The zero-order valence-corrected chi connectivity index (χ0v) is 11.9. The molecule has 0 amide bonds. The maximum Gasteiger partial charge on any atom is 0.242 e. The summed E-state index contributed by atoms with van der Waals surface area (Å²) in [6.45, 7) is 5.32. The predicted octanol–water partition coefficient (Wildman–Crippen LogP) is 0.799. The number of nitrogen functional groups attached to an aromatic ring is 1. The van der Waals surface area contributed by atoms with Gasteiger partial charge in [-0.3, -0.25) is 0 Å². The van der Waals surface area contributed by atoms with Gasteiger partial charge in [0.05, 0.1) is 11.7 Å². The van der Waals surface area contributed by atoms with E-state index in [1.54, 1.807) is 0 Å². The Hall–Kier alpha value is -1.60. The lowest BCUT2D eigenvalue weighted by molar-refractivity contribution is -0.0543. The molecule has 2 rings (SSSR count). The predicted molar refractivity (Wildman–Crippen MR) is 75.7 cm³/mol. The van der Waals surface area contributed by atoms with Crippen molar-refractivity contribution in [3.63, 3.8) is 0 Å². The smallest absolute Gasteiger partial charge is 0.242 e.